The number of pyridine rings is 1. The molecule has 1 unspecified atom stereocenters. The summed E-state index contributed by atoms with van der Waals surface area (Å²) in [4.78, 5) is 15.0. The van der Waals surface area contributed by atoms with Crippen LogP contribution in [-0.4, -0.2) is 24.1 Å². The molecule has 0 saturated heterocycles. The number of hydrogen-bond donors (Lipinski definition) is 1. The van der Waals surface area contributed by atoms with Crippen molar-refractivity contribution < 1.29 is 9.53 Å². The molecule has 1 heterocycles. The standard InChI is InChI=1S/C9H11BrN2O2/c1-14-9(13)8(11)3-6-2-7(10)5-12-4-6/h2,4-5,8H,3,11H2,1H3. The summed E-state index contributed by atoms with van der Waals surface area (Å²) in [5.41, 5.74) is 6.49. The lowest BCUT2D eigenvalue weighted by atomic mass is 10.1. The molecule has 1 atom stereocenters. The van der Waals surface area contributed by atoms with Crippen molar-refractivity contribution in [3.63, 3.8) is 0 Å². The largest absolute Gasteiger partial charge is 0.468 e. The minimum atomic E-state index is -0.629. The molecule has 0 aliphatic rings. The van der Waals surface area contributed by atoms with E-state index in [4.69, 9.17) is 5.73 Å². The van der Waals surface area contributed by atoms with Gasteiger partial charge in [-0.2, -0.15) is 0 Å². The fourth-order valence-corrected chi connectivity index (χ4v) is 1.47. The molecular weight excluding hydrogens is 248 g/mol. The number of nitrogens with two attached hydrogens (primary N) is 1. The summed E-state index contributed by atoms with van der Waals surface area (Å²) in [5.74, 6) is -0.412. The normalized spacial score (nSPS) is 12.2. The summed E-state index contributed by atoms with van der Waals surface area (Å²) >= 11 is 3.29. The molecule has 0 aromatic carbocycles. The highest BCUT2D eigenvalue weighted by Gasteiger charge is 2.14. The van der Waals surface area contributed by atoms with E-state index in [2.05, 4.69) is 25.7 Å². The lowest BCUT2D eigenvalue weighted by Crippen LogP contribution is -2.33. The van der Waals surface area contributed by atoms with Gasteiger partial charge in [-0.25, -0.2) is 0 Å². The molecule has 14 heavy (non-hydrogen) atoms. The Morgan fingerprint density at radius 2 is 2.43 bits per heavy atom. The van der Waals surface area contributed by atoms with Crippen molar-refractivity contribution in [3.05, 3.63) is 28.5 Å². The van der Waals surface area contributed by atoms with E-state index in [1.165, 1.54) is 7.11 Å². The van der Waals surface area contributed by atoms with E-state index in [9.17, 15) is 4.79 Å². The van der Waals surface area contributed by atoms with E-state index in [0.29, 0.717) is 6.42 Å². The number of hydrogen-bond acceptors (Lipinski definition) is 4. The second-order valence-electron chi connectivity index (χ2n) is 2.85. The van der Waals surface area contributed by atoms with Crippen molar-refractivity contribution in [1.82, 2.24) is 4.98 Å². The predicted molar refractivity (Wildman–Crippen MR) is 55.6 cm³/mol. The van der Waals surface area contributed by atoms with E-state index in [1.807, 2.05) is 6.07 Å². The van der Waals surface area contributed by atoms with Gasteiger partial charge in [0.05, 0.1) is 7.11 Å². The molecule has 0 bridgehead atoms. The summed E-state index contributed by atoms with van der Waals surface area (Å²) < 4.78 is 5.39. The first-order chi connectivity index (χ1) is 6.63. The molecule has 0 spiro atoms. The third-order valence-electron chi connectivity index (χ3n) is 1.72. The maximum absolute atomic E-state index is 11.0. The Morgan fingerprint density at radius 3 is 3.00 bits per heavy atom. The number of aromatic nitrogens is 1. The molecule has 4 nitrogen and oxygen atoms in total. The number of rotatable bonds is 3. The van der Waals surface area contributed by atoms with Crippen molar-refractivity contribution in [2.75, 3.05) is 7.11 Å². The topological polar surface area (TPSA) is 65.2 Å². The van der Waals surface area contributed by atoms with Gasteiger partial charge in [0.15, 0.2) is 0 Å². The van der Waals surface area contributed by atoms with E-state index in [0.717, 1.165) is 10.0 Å². The van der Waals surface area contributed by atoms with E-state index >= 15 is 0 Å². The monoisotopic (exact) mass is 258 g/mol. The van der Waals surface area contributed by atoms with Gasteiger partial charge in [0.2, 0.25) is 0 Å². The van der Waals surface area contributed by atoms with Crippen molar-refractivity contribution in [2.45, 2.75) is 12.5 Å². The van der Waals surface area contributed by atoms with Crippen LogP contribution in [-0.2, 0) is 16.0 Å². The average Bonchev–Trinajstić information content (AvgIpc) is 2.16. The van der Waals surface area contributed by atoms with Crippen LogP contribution in [0.2, 0.25) is 0 Å². The highest BCUT2D eigenvalue weighted by molar-refractivity contribution is 9.10. The third-order valence-corrected chi connectivity index (χ3v) is 2.15. The van der Waals surface area contributed by atoms with Crippen LogP contribution in [0.4, 0.5) is 0 Å². The number of halogens is 1. The molecule has 5 heteroatoms. The second-order valence-corrected chi connectivity index (χ2v) is 3.76. The van der Waals surface area contributed by atoms with Crippen molar-refractivity contribution >= 4 is 21.9 Å². The Morgan fingerprint density at radius 1 is 1.71 bits per heavy atom. The minimum Gasteiger partial charge on any atom is -0.468 e. The molecule has 1 aromatic rings. The third kappa shape index (κ3) is 3.08. The highest BCUT2D eigenvalue weighted by atomic mass is 79.9. The lowest BCUT2D eigenvalue weighted by molar-refractivity contribution is -0.142. The van der Waals surface area contributed by atoms with Crippen LogP contribution in [0.3, 0.4) is 0 Å². The fraction of sp³-hybridized carbons (Fsp3) is 0.333. The predicted octanol–water partition coefficient (Wildman–Crippen LogP) is 0.887. The maximum atomic E-state index is 11.0. The fourth-order valence-electron chi connectivity index (χ4n) is 1.06. The summed E-state index contributed by atoms with van der Waals surface area (Å²) in [6.45, 7) is 0. The lowest BCUT2D eigenvalue weighted by Gasteiger charge is -2.08. The smallest absolute Gasteiger partial charge is 0.322 e. The van der Waals surface area contributed by atoms with Crippen LogP contribution in [0.1, 0.15) is 5.56 Å². The zero-order valence-corrected chi connectivity index (χ0v) is 9.32. The van der Waals surface area contributed by atoms with Gasteiger partial charge < -0.3 is 10.5 Å². The molecule has 0 amide bonds. The molecule has 0 fully saturated rings. The summed E-state index contributed by atoms with van der Waals surface area (Å²) in [5, 5.41) is 0. The summed E-state index contributed by atoms with van der Waals surface area (Å²) in [7, 11) is 1.32. The maximum Gasteiger partial charge on any atom is 0.322 e. The number of esters is 1. The van der Waals surface area contributed by atoms with Gasteiger partial charge in [0.1, 0.15) is 6.04 Å². The Bertz CT molecular complexity index is 330. The van der Waals surface area contributed by atoms with Crippen LogP contribution >= 0.6 is 15.9 Å². The van der Waals surface area contributed by atoms with Gasteiger partial charge in [0.25, 0.3) is 0 Å². The number of nitrogens with zero attached hydrogens (tertiary/aromatic N) is 1. The molecule has 0 saturated carbocycles. The molecule has 2 N–H and O–H groups in total. The van der Waals surface area contributed by atoms with Crippen LogP contribution in [0, 0.1) is 0 Å². The average molecular weight is 259 g/mol. The Kier molecular flexibility index (Phi) is 4.03. The molecule has 1 aromatic heterocycles. The van der Waals surface area contributed by atoms with Crippen LogP contribution < -0.4 is 5.73 Å². The highest BCUT2D eigenvalue weighted by Crippen LogP contribution is 2.10. The van der Waals surface area contributed by atoms with Crippen molar-refractivity contribution in [1.29, 1.82) is 0 Å². The van der Waals surface area contributed by atoms with Crippen molar-refractivity contribution in [3.8, 4) is 0 Å². The van der Waals surface area contributed by atoms with Crippen LogP contribution in [0.5, 0.6) is 0 Å². The minimum absolute atomic E-state index is 0.412. The van der Waals surface area contributed by atoms with E-state index in [-0.39, 0.29) is 0 Å². The zero-order chi connectivity index (χ0) is 10.6. The number of carbonyl (C=O) groups excluding carboxylic acids is 1. The van der Waals surface area contributed by atoms with Gasteiger partial charge in [0, 0.05) is 16.9 Å². The quantitative estimate of drug-likeness (QED) is 0.818. The Labute approximate surface area is 90.6 Å². The first kappa shape index (κ1) is 11.1. The van der Waals surface area contributed by atoms with Crippen LogP contribution in [0.15, 0.2) is 22.9 Å². The zero-order valence-electron chi connectivity index (χ0n) is 7.74. The molecule has 76 valence electrons. The second kappa shape index (κ2) is 5.07. The van der Waals surface area contributed by atoms with Gasteiger partial charge in [-0.05, 0) is 34.0 Å². The molecule has 1 rings (SSSR count). The number of methoxy groups -OCH3 is 1. The first-order valence-electron chi connectivity index (χ1n) is 4.06. The summed E-state index contributed by atoms with van der Waals surface area (Å²) in [6, 6.07) is 1.24. The first-order valence-corrected chi connectivity index (χ1v) is 4.85. The van der Waals surface area contributed by atoms with Gasteiger partial charge in [-0.1, -0.05) is 0 Å². The number of carbonyl (C=O) groups is 1. The summed E-state index contributed by atoms with van der Waals surface area (Å²) in [6.07, 6.45) is 3.78. The van der Waals surface area contributed by atoms with Crippen LogP contribution in [0.25, 0.3) is 0 Å². The Hall–Kier alpha value is -0.940. The molecule has 0 aliphatic carbocycles. The molecular formula is C9H11BrN2O2. The number of ether oxygens (including phenoxy) is 1. The van der Waals surface area contributed by atoms with E-state index < -0.39 is 12.0 Å². The Balaban J connectivity index is 2.64. The van der Waals surface area contributed by atoms with Gasteiger partial charge in [-0.15, -0.1) is 0 Å². The van der Waals surface area contributed by atoms with E-state index in [1.54, 1.807) is 12.4 Å². The SMILES string of the molecule is COC(=O)C(N)Cc1cncc(Br)c1. The van der Waals surface area contributed by atoms with Gasteiger partial charge in [-0.3, -0.25) is 9.78 Å². The van der Waals surface area contributed by atoms with Gasteiger partial charge >= 0.3 is 5.97 Å². The van der Waals surface area contributed by atoms with Crippen molar-refractivity contribution in [2.24, 2.45) is 5.73 Å². The molecule has 0 aliphatic heterocycles. The molecule has 0 radical (unpaired) electrons.